The van der Waals surface area contributed by atoms with Gasteiger partial charge in [0.1, 0.15) is 0 Å². The molecule has 0 saturated heterocycles. The van der Waals surface area contributed by atoms with Gasteiger partial charge in [-0.15, -0.1) is 10.2 Å². The zero-order chi connectivity index (χ0) is 21.3. The number of aryl methyl sites for hydroxylation is 3. The number of benzene rings is 3. The molecule has 0 saturated carbocycles. The van der Waals surface area contributed by atoms with E-state index in [1.165, 1.54) is 0 Å². The molecule has 3 aromatic carbocycles. The molecule has 0 aliphatic heterocycles. The van der Waals surface area contributed by atoms with Crippen LogP contribution in [0.25, 0.3) is 22.6 Å². The van der Waals surface area contributed by atoms with E-state index in [0.717, 1.165) is 33.5 Å². The van der Waals surface area contributed by atoms with E-state index in [1.807, 2.05) is 73.7 Å². The predicted octanol–water partition coefficient (Wildman–Crippen LogP) is 5.61. The summed E-state index contributed by atoms with van der Waals surface area (Å²) in [4.78, 5) is 14.6. The molecule has 0 atom stereocenters. The minimum Gasteiger partial charge on any atom is -0.421 e. The molecule has 5 heteroatoms. The Morgan fingerprint density at radius 2 is 1.60 bits per heavy atom. The van der Waals surface area contributed by atoms with E-state index in [4.69, 9.17) is 4.42 Å². The topological polar surface area (TPSA) is 59.2 Å². The van der Waals surface area contributed by atoms with Gasteiger partial charge in [-0.2, -0.15) is 0 Å². The largest absolute Gasteiger partial charge is 0.421 e. The highest BCUT2D eigenvalue weighted by molar-refractivity contribution is 6.06. The Hall–Kier alpha value is -3.73. The third-order valence-corrected chi connectivity index (χ3v) is 5.15. The molecule has 4 rings (SSSR count). The molecule has 150 valence electrons. The van der Waals surface area contributed by atoms with Crippen molar-refractivity contribution >= 4 is 11.6 Å². The molecule has 1 aromatic heterocycles. The van der Waals surface area contributed by atoms with E-state index < -0.39 is 0 Å². The predicted molar refractivity (Wildman–Crippen MR) is 119 cm³/mol. The number of amides is 1. The molecular formula is C25H23N3O2. The minimum atomic E-state index is -0.0426. The number of carbonyl (C=O) groups excluding carboxylic acids is 1. The maximum Gasteiger partial charge on any atom is 0.258 e. The van der Waals surface area contributed by atoms with Crippen LogP contribution in [0.15, 0.2) is 71.1 Å². The first-order chi connectivity index (χ1) is 14.4. The van der Waals surface area contributed by atoms with Gasteiger partial charge in [0.2, 0.25) is 11.8 Å². The van der Waals surface area contributed by atoms with Gasteiger partial charge in [-0.3, -0.25) is 4.79 Å². The molecule has 30 heavy (non-hydrogen) atoms. The summed E-state index contributed by atoms with van der Waals surface area (Å²) in [5.41, 5.74) is 6.73. The van der Waals surface area contributed by atoms with Crippen LogP contribution >= 0.6 is 0 Å². The molecule has 0 unspecified atom stereocenters. The van der Waals surface area contributed by atoms with Crippen molar-refractivity contribution in [2.24, 2.45) is 0 Å². The van der Waals surface area contributed by atoms with Crippen LogP contribution in [0.4, 0.5) is 5.69 Å². The number of rotatable bonds is 4. The molecule has 0 radical (unpaired) electrons. The molecule has 1 heterocycles. The SMILES string of the molecule is Cc1cccc(N(C)C(=O)c2ccc(-c3cc(-c4nnc(C)o4)ccc3C)cc2)c1. The minimum absolute atomic E-state index is 0.0426. The van der Waals surface area contributed by atoms with Crippen molar-refractivity contribution in [3.8, 4) is 22.6 Å². The van der Waals surface area contributed by atoms with Crippen LogP contribution in [0.3, 0.4) is 0 Å². The van der Waals surface area contributed by atoms with Gasteiger partial charge in [0, 0.05) is 30.8 Å². The molecular weight excluding hydrogens is 374 g/mol. The Labute approximate surface area is 176 Å². The van der Waals surface area contributed by atoms with Gasteiger partial charge < -0.3 is 9.32 Å². The molecule has 0 N–H and O–H groups in total. The van der Waals surface area contributed by atoms with Crippen molar-refractivity contribution in [2.45, 2.75) is 20.8 Å². The molecule has 0 spiro atoms. The highest BCUT2D eigenvalue weighted by atomic mass is 16.4. The van der Waals surface area contributed by atoms with E-state index in [0.29, 0.717) is 17.3 Å². The summed E-state index contributed by atoms with van der Waals surface area (Å²) in [6, 6.07) is 21.6. The van der Waals surface area contributed by atoms with Crippen molar-refractivity contribution < 1.29 is 9.21 Å². The molecule has 0 bridgehead atoms. The van der Waals surface area contributed by atoms with Crippen molar-refractivity contribution in [1.29, 1.82) is 0 Å². The molecule has 5 nitrogen and oxygen atoms in total. The van der Waals surface area contributed by atoms with Gasteiger partial charge in [-0.25, -0.2) is 0 Å². The van der Waals surface area contributed by atoms with Gasteiger partial charge >= 0.3 is 0 Å². The fourth-order valence-electron chi connectivity index (χ4n) is 3.42. The Morgan fingerprint density at radius 3 is 2.27 bits per heavy atom. The average Bonchev–Trinajstić information content (AvgIpc) is 3.19. The Bertz CT molecular complexity index is 1210. The first-order valence-electron chi connectivity index (χ1n) is 9.78. The second-order valence-electron chi connectivity index (χ2n) is 7.44. The Kier molecular flexibility index (Phi) is 5.19. The molecule has 4 aromatic rings. The lowest BCUT2D eigenvalue weighted by Gasteiger charge is -2.18. The second kappa shape index (κ2) is 7.95. The van der Waals surface area contributed by atoms with E-state index >= 15 is 0 Å². The summed E-state index contributed by atoms with van der Waals surface area (Å²) in [6.45, 7) is 5.85. The second-order valence-corrected chi connectivity index (χ2v) is 7.44. The van der Waals surface area contributed by atoms with Gasteiger partial charge in [-0.05, 0) is 72.5 Å². The fourth-order valence-corrected chi connectivity index (χ4v) is 3.42. The van der Waals surface area contributed by atoms with Gasteiger partial charge in [0.25, 0.3) is 5.91 Å². The van der Waals surface area contributed by atoms with E-state index in [1.54, 1.807) is 18.9 Å². The number of hydrogen-bond acceptors (Lipinski definition) is 4. The molecule has 0 aliphatic rings. The number of hydrogen-bond donors (Lipinski definition) is 0. The quantitative estimate of drug-likeness (QED) is 0.449. The third kappa shape index (κ3) is 3.87. The van der Waals surface area contributed by atoms with E-state index in [9.17, 15) is 4.79 Å². The van der Waals surface area contributed by atoms with E-state index in [-0.39, 0.29) is 5.91 Å². The van der Waals surface area contributed by atoms with Crippen LogP contribution in [0.2, 0.25) is 0 Å². The van der Waals surface area contributed by atoms with Crippen molar-refractivity contribution in [3.05, 3.63) is 89.3 Å². The van der Waals surface area contributed by atoms with Crippen LogP contribution in [-0.2, 0) is 0 Å². The summed E-state index contributed by atoms with van der Waals surface area (Å²) in [7, 11) is 1.80. The Balaban J connectivity index is 1.61. The lowest BCUT2D eigenvalue weighted by molar-refractivity contribution is 0.0993. The zero-order valence-electron chi connectivity index (χ0n) is 17.5. The summed E-state index contributed by atoms with van der Waals surface area (Å²) >= 11 is 0. The highest BCUT2D eigenvalue weighted by Crippen LogP contribution is 2.29. The smallest absolute Gasteiger partial charge is 0.258 e. The standard InChI is InChI=1S/C25H23N3O2/c1-16-6-5-7-22(14-16)28(4)25(29)20-12-10-19(11-13-20)23-15-21(9-8-17(23)2)24-27-26-18(3)30-24/h5-15H,1-4H3. The summed E-state index contributed by atoms with van der Waals surface area (Å²) in [5, 5.41) is 8.01. The first kappa shape index (κ1) is 19.6. The maximum absolute atomic E-state index is 12.9. The van der Waals surface area contributed by atoms with Crippen LogP contribution in [-0.4, -0.2) is 23.2 Å². The first-order valence-corrected chi connectivity index (χ1v) is 9.78. The van der Waals surface area contributed by atoms with Crippen LogP contribution in [0.1, 0.15) is 27.4 Å². The number of aromatic nitrogens is 2. The third-order valence-electron chi connectivity index (χ3n) is 5.15. The molecule has 0 fully saturated rings. The van der Waals surface area contributed by atoms with Crippen molar-refractivity contribution in [1.82, 2.24) is 10.2 Å². The summed E-state index contributed by atoms with van der Waals surface area (Å²) in [6.07, 6.45) is 0. The Morgan fingerprint density at radius 1 is 0.867 bits per heavy atom. The molecule has 1 amide bonds. The summed E-state index contributed by atoms with van der Waals surface area (Å²) < 4.78 is 5.56. The van der Waals surface area contributed by atoms with Gasteiger partial charge in [0.15, 0.2) is 0 Å². The normalized spacial score (nSPS) is 10.8. The van der Waals surface area contributed by atoms with Crippen molar-refractivity contribution in [2.75, 3.05) is 11.9 Å². The number of nitrogens with zero attached hydrogens (tertiary/aromatic N) is 3. The van der Waals surface area contributed by atoms with E-state index in [2.05, 4.69) is 17.1 Å². The number of anilines is 1. The lowest BCUT2D eigenvalue weighted by Crippen LogP contribution is -2.26. The summed E-state index contributed by atoms with van der Waals surface area (Å²) in [5.74, 6) is 0.993. The van der Waals surface area contributed by atoms with Crippen LogP contribution < -0.4 is 4.90 Å². The van der Waals surface area contributed by atoms with Gasteiger partial charge in [0.05, 0.1) is 0 Å². The van der Waals surface area contributed by atoms with Crippen LogP contribution in [0, 0.1) is 20.8 Å². The average molecular weight is 397 g/mol. The maximum atomic E-state index is 12.9. The number of carbonyl (C=O) groups is 1. The fraction of sp³-hybridized carbons (Fsp3) is 0.160. The lowest BCUT2D eigenvalue weighted by atomic mass is 9.97. The van der Waals surface area contributed by atoms with Crippen molar-refractivity contribution in [3.63, 3.8) is 0 Å². The van der Waals surface area contributed by atoms with Gasteiger partial charge in [-0.1, -0.05) is 30.3 Å². The molecule has 0 aliphatic carbocycles. The highest BCUT2D eigenvalue weighted by Gasteiger charge is 2.15. The van der Waals surface area contributed by atoms with Crippen LogP contribution in [0.5, 0.6) is 0 Å². The zero-order valence-corrected chi connectivity index (χ0v) is 17.5. The monoisotopic (exact) mass is 397 g/mol.